The highest BCUT2D eigenvalue weighted by molar-refractivity contribution is 7.89. The van der Waals surface area contributed by atoms with Crippen molar-refractivity contribution < 1.29 is 22.7 Å². The molecule has 1 aromatic carbocycles. The first-order valence-electron chi connectivity index (χ1n) is 15.8. The van der Waals surface area contributed by atoms with Crippen molar-refractivity contribution in [2.75, 3.05) is 5.32 Å². The molecule has 4 N–H and O–H groups in total. The van der Waals surface area contributed by atoms with Crippen LogP contribution in [0.4, 0.5) is 15.3 Å². The van der Waals surface area contributed by atoms with Crippen molar-refractivity contribution in [2.24, 2.45) is 0 Å². The van der Waals surface area contributed by atoms with Gasteiger partial charge in [0.1, 0.15) is 5.60 Å². The molecule has 13 heteroatoms. The molecule has 0 bridgehead atoms. The fourth-order valence-electron chi connectivity index (χ4n) is 5.51. The van der Waals surface area contributed by atoms with E-state index in [9.17, 15) is 18.0 Å². The van der Waals surface area contributed by atoms with E-state index in [-0.39, 0.29) is 23.6 Å². The van der Waals surface area contributed by atoms with Crippen molar-refractivity contribution in [3.8, 4) is 10.4 Å². The van der Waals surface area contributed by atoms with E-state index in [1.165, 1.54) is 17.4 Å². The summed E-state index contributed by atoms with van der Waals surface area (Å²) in [6.07, 6.45) is 10.1. The molecule has 0 spiro atoms. The lowest BCUT2D eigenvalue weighted by Gasteiger charge is -2.37. The molecule has 2 heterocycles. The molecule has 0 atom stereocenters. The Labute approximate surface area is 276 Å². The third kappa shape index (κ3) is 10.5. The number of benzene rings is 1. The van der Waals surface area contributed by atoms with E-state index < -0.39 is 27.2 Å². The summed E-state index contributed by atoms with van der Waals surface area (Å²) < 4.78 is 36.0. The van der Waals surface area contributed by atoms with Crippen LogP contribution in [0.2, 0.25) is 0 Å². The average Bonchev–Trinajstić information content (AvgIpc) is 3.44. The number of amides is 3. The van der Waals surface area contributed by atoms with Gasteiger partial charge in [-0.3, -0.25) is 4.98 Å². The van der Waals surface area contributed by atoms with Gasteiger partial charge in [-0.05, 0) is 104 Å². The molecule has 1 aliphatic rings. The molecule has 1 aliphatic carbocycles. The van der Waals surface area contributed by atoms with Gasteiger partial charge in [0.2, 0.25) is 10.0 Å². The minimum atomic E-state index is -3.97. The number of urea groups is 1. The highest BCUT2D eigenvalue weighted by Gasteiger charge is 2.36. The van der Waals surface area contributed by atoms with Gasteiger partial charge in [0, 0.05) is 35.2 Å². The maximum atomic E-state index is 13.6. The van der Waals surface area contributed by atoms with Gasteiger partial charge in [-0.15, -0.1) is 11.3 Å². The van der Waals surface area contributed by atoms with Gasteiger partial charge in [-0.2, -0.15) is 0 Å². The summed E-state index contributed by atoms with van der Waals surface area (Å²) in [4.78, 5) is 34.7. The third-order valence-corrected chi connectivity index (χ3v) is 10.3. The summed E-state index contributed by atoms with van der Waals surface area (Å²) in [7, 11) is -3.97. The Balaban J connectivity index is 1.49. The number of hydrogen-bond acceptors (Lipinski definition) is 8. The second kappa shape index (κ2) is 15.4. The fraction of sp³-hybridized carbons (Fsp3) is 0.515. The Bertz CT molecular complexity index is 1580. The molecule has 250 valence electrons. The highest BCUT2D eigenvalue weighted by atomic mass is 32.2. The van der Waals surface area contributed by atoms with Gasteiger partial charge < -0.3 is 20.7 Å². The first kappa shape index (κ1) is 35.3. The van der Waals surface area contributed by atoms with Gasteiger partial charge in [0.15, 0.2) is 0 Å². The number of anilines is 1. The lowest BCUT2D eigenvalue weighted by atomic mass is 9.81. The molecule has 3 aromatic rings. The summed E-state index contributed by atoms with van der Waals surface area (Å²) in [5.41, 5.74) is 0.341. The minimum Gasteiger partial charge on any atom is -0.443 e. The fourth-order valence-corrected chi connectivity index (χ4v) is 8.24. The Hall–Kier alpha value is -3.55. The Morgan fingerprint density at radius 2 is 1.83 bits per heavy atom. The van der Waals surface area contributed by atoms with Crippen LogP contribution in [0.1, 0.15) is 90.3 Å². The van der Waals surface area contributed by atoms with Gasteiger partial charge >= 0.3 is 12.1 Å². The smallest absolute Gasteiger partial charge is 0.407 e. The standard InChI is InChI=1S/C33H46N6O5S2/c1-23(2)37-31(41)44-33(16-8-6-9-17-33)18-11-13-29-35-22-27(45-29)26-15-14-24(20-28(26)46(42,43)39-32(3,4)5)38-30(40)36-21-25-12-7-10-19-34-25/h7,10,12,14-15,19-20,22-23,39H,6,8-9,11,13,16-18,21H2,1-5H3,(H,37,41)(H2,36,38,40). The zero-order chi connectivity index (χ0) is 33.4. The van der Waals surface area contributed by atoms with Crippen LogP contribution in [-0.4, -0.2) is 47.7 Å². The number of rotatable bonds is 12. The molecule has 0 saturated heterocycles. The second-order valence-corrected chi connectivity index (χ2v) is 15.9. The number of sulfonamides is 1. The molecule has 46 heavy (non-hydrogen) atoms. The van der Waals surface area contributed by atoms with Crippen molar-refractivity contribution in [3.05, 3.63) is 59.5 Å². The van der Waals surface area contributed by atoms with Crippen molar-refractivity contribution in [1.29, 1.82) is 0 Å². The van der Waals surface area contributed by atoms with Crippen LogP contribution < -0.4 is 20.7 Å². The second-order valence-electron chi connectivity index (χ2n) is 13.1. The number of pyridine rings is 1. The molecular weight excluding hydrogens is 625 g/mol. The molecule has 0 unspecified atom stereocenters. The van der Waals surface area contributed by atoms with E-state index in [0.29, 0.717) is 28.2 Å². The topological polar surface area (TPSA) is 151 Å². The molecule has 1 fully saturated rings. The number of carbonyl (C=O) groups is 2. The zero-order valence-corrected chi connectivity index (χ0v) is 28.9. The first-order valence-corrected chi connectivity index (χ1v) is 18.1. The number of carbonyl (C=O) groups excluding carboxylic acids is 2. The van der Waals surface area contributed by atoms with Gasteiger partial charge in [-0.1, -0.05) is 18.6 Å². The summed E-state index contributed by atoms with van der Waals surface area (Å²) in [5.74, 6) is 0. The maximum Gasteiger partial charge on any atom is 0.407 e. The highest BCUT2D eigenvalue weighted by Crippen LogP contribution is 2.38. The van der Waals surface area contributed by atoms with Crippen LogP contribution in [0.15, 0.2) is 53.7 Å². The van der Waals surface area contributed by atoms with Crippen molar-refractivity contribution in [2.45, 2.75) is 115 Å². The predicted octanol–water partition coefficient (Wildman–Crippen LogP) is 6.76. The molecule has 11 nitrogen and oxygen atoms in total. The average molecular weight is 671 g/mol. The third-order valence-electron chi connectivity index (χ3n) is 7.45. The molecule has 3 amide bonds. The Kier molecular flexibility index (Phi) is 11.8. The largest absolute Gasteiger partial charge is 0.443 e. The SMILES string of the molecule is CC(C)NC(=O)OC1(CCCc2ncc(-c3ccc(NC(=O)NCc4ccccn4)cc3S(=O)(=O)NC(C)(C)C)s2)CCCCC1. The molecule has 2 aromatic heterocycles. The summed E-state index contributed by atoms with van der Waals surface area (Å²) in [6.45, 7) is 9.38. The van der Waals surface area contributed by atoms with Crippen LogP contribution in [0.5, 0.6) is 0 Å². The van der Waals surface area contributed by atoms with Crippen LogP contribution in [-0.2, 0) is 27.7 Å². The van der Waals surface area contributed by atoms with E-state index >= 15 is 0 Å². The van der Waals surface area contributed by atoms with Crippen molar-refractivity contribution in [3.63, 3.8) is 0 Å². The number of nitrogens with one attached hydrogen (secondary N) is 4. The first-order chi connectivity index (χ1) is 21.7. The number of ether oxygens (including phenoxy) is 1. The summed E-state index contributed by atoms with van der Waals surface area (Å²) in [6, 6.07) is 9.80. The van der Waals surface area contributed by atoms with Crippen LogP contribution >= 0.6 is 11.3 Å². The quantitative estimate of drug-likeness (QED) is 0.166. The van der Waals surface area contributed by atoms with Gasteiger partial charge in [0.25, 0.3) is 0 Å². The molecule has 1 saturated carbocycles. The van der Waals surface area contributed by atoms with E-state index in [1.54, 1.807) is 57.4 Å². The Morgan fingerprint density at radius 3 is 2.50 bits per heavy atom. The summed E-state index contributed by atoms with van der Waals surface area (Å²) >= 11 is 1.44. The summed E-state index contributed by atoms with van der Waals surface area (Å²) in [5, 5.41) is 9.20. The van der Waals surface area contributed by atoms with Gasteiger partial charge in [0.05, 0.1) is 27.0 Å². The molecule has 0 aliphatic heterocycles. The van der Waals surface area contributed by atoms with E-state index in [1.807, 2.05) is 19.9 Å². The van der Waals surface area contributed by atoms with E-state index in [2.05, 4.69) is 30.6 Å². The van der Waals surface area contributed by atoms with Gasteiger partial charge in [-0.25, -0.2) is 27.7 Å². The predicted molar refractivity (Wildman–Crippen MR) is 181 cm³/mol. The number of alkyl carbamates (subject to hydrolysis) is 1. The minimum absolute atomic E-state index is 0.00776. The number of thiazole rings is 1. The number of aryl methyl sites for hydroxylation is 1. The Morgan fingerprint density at radius 1 is 1.07 bits per heavy atom. The molecular formula is C33H46N6O5S2. The van der Waals surface area contributed by atoms with Crippen LogP contribution in [0.25, 0.3) is 10.4 Å². The lowest BCUT2D eigenvalue weighted by molar-refractivity contribution is -0.0248. The lowest BCUT2D eigenvalue weighted by Crippen LogP contribution is -2.42. The van der Waals surface area contributed by atoms with E-state index in [4.69, 9.17) is 4.74 Å². The van der Waals surface area contributed by atoms with E-state index in [0.717, 1.165) is 50.0 Å². The molecule has 0 radical (unpaired) electrons. The zero-order valence-electron chi connectivity index (χ0n) is 27.3. The number of nitrogens with zero attached hydrogens (tertiary/aromatic N) is 2. The van der Waals surface area contributed by atoms with Crippen LogP contribution in [0, 0.1) is 0 Å². The number of aromatic nitrogens is 2. The van der Waals surface area contributed by atoms with Crippen molar-refractivity contribution >= 4 is 39.2 Å². The normalized spacial score (nSPS) is 14.9. The van der Waals surface area contributed by atoms with Crippen LogP contribution in [0.3, 0.4) is 0 Å². The molecule has 4 rings (SSSR count). The number of hydrogen-bond donors (Lipinski definition) is 4. The monoisotopic (exact) mass is 670 g/mol. The van der Waals surface area contributed by atoms with Crippen molar-refractivity contribution in [1.82, 2.24) is 25.3 Å². The maximum absolute atomic E-state index is 13.6.